The Kier molecular flexibility index (Phi) is 6.00. The SMILES string of the molecule is C=CCC[C@H](N)c1ccc(O)cc1.Cl. The van der Waals surface area contributed by atoms with Gasteiger partial charge in [0.15, 0.2) is 0 Å². The van der Waals surface area contributed by atoms with Crippen molar-refractivity contribution in [2.45, 2.75) is 18.9 Å². The zero-order valence-electron chi connectivity index (χ0n) is 8.02. The molecule has 1 rings (SSSR count). The average Bonchev–Trinajstić information content (AvgIpc) is 2.15. The number of hydrogen-bond donors (Lipinski definition) is 2. The van der Waals surface area contributed by atoms with E-state index in [1.54, 1.807) is 12.1 Å². The van der Waals surface area contributed by atoms with Gasteiger partial charge in [0.1, 0.15) is 5.75 Å². The molecular formula is C11H16ClNO. The zero-order chi connectivity index (χ0) is 9.68. The number of allylic oxidation sites excluding steroid dienone is 1. The fourth-order valence-corrected chi connectivity index (χ4v) is 1.19. The van der Waals surface area contributed by atoms with Crippen LogP contribution in [0, 0.1) is 0 Å². The molecule has 1 aromatic rings. The van der Waals surface area contributed by atoms with Gasteiger partial charge in [0.2, 0.25) is 0 Å². The summed E-state index contributed by atoms with van der Waals surface area (Å²) in [6, 6.07) is 7.05. The molecule has 0 amide bonds. The van der Waals surface area contributed by atoms with Crippen LogP contribution in [0.2, 0.25) is 0 Å². The van der Waals surface area contributed by atoms with Gasteiger partial charge in [0.25, 0.3) is 0 Å². The maximum absolute atomic E-state index is 9.06. The molecule has 0 bridgehead atoms. The van der Waals surface area contributed by atoms with Crippen LogP contribution in [-0.4, -0.2) is 5.11 Å². The minimum absolute atomic E-state index is 0. The van der Waals surface area contributed by atoms with Crippen LogP contribution in [0.1, 0.15) is 24.4 Å². The summed E-state index contributed by atoms with van der Waals surface area (Å²) in [4.78, 5) is 0. The summed E-state index contributed by atoms with van der Waals surface area (Å²) in [5, 5.41) is 9.06. The van der Waals surface area contributed by atoms with Crippen molar-refractivity contribution in [3.8, 4) is 5.75 Å². The van der Waals surface area contributed by atoms with Gasteiger partial charge in [0.05, 0.1) is 0 Å². The van der Waals surface area contributed by atoms with Crippen molar-refractivity contribution >= 4 is 12.4 Å². The van der Waals surface area contributed by atoms with Gasteiger partial charge in [-0.25, -0.2) is 0 Å². The van der Waals surface area contributed by atoms with Crippen molar-refractivity contribution in [1.82, 2.24) is 0 Å². The lowest BCUT2D eigenvalue weighted by molar-refractivity contribution is 0.474. The number of aromatic hydroxyl groups is 1. The highest BCUT2D eigenvalue weighted by atomic mass is 35.5. The molecule has 3 N–H and O–H groups in total. The molecule has 78 valence electrons. The Morgan fingerprint density at radius 3 is 2.43 bits per heavy atom. The quantitative estimate of drug-likeness (QED) is 0.756. The van der Waals surface area contributed by atoms with Crippen molar-refractivity contribution in [1.29, 1.82) is 0 Å². The molecule has 3 heteroatoms. The maximum Gasteiger partial charge on any atom is 0.115 e. The molecule has 0 fully saturated rings. The van der Waals surface area contributed by atoms with Gasteiger partial charge in [-0.2, -0.15) is 0 Å². The van der Waals surface area contributed by atoms with Gasteiger partial charge in [-0.15, -0.1) is 19.0 Å². The molecule has 0 radical (unpaired) electrons. The Morgan fingerprint density at radius 1 is 1.36 bits per heavy atom. The van der Waals surface area contributed by atoms with Crippen LogP contribution in [-0.2, 0) is 0 Å². The van der Waals surface area contributed by atoms with E-state index in [1.165, 1.54) is 0 Å². The predicted octanol–water partition coefficient (Wildman–Crippen LogP) is 2.78. The second-order valence-electron chi connectivity index (χ2n) is 3.06. The predicted molar refractivity (Wildman–Crippen MR) is 61.7 cm³/mol. The number of nitrogens with two attached hydrogens (primary N) is 1. The minimum atomic E-state index is 0. The van der Waals surface area contributed by atoms with Crippen LogP contribution in [0.3, 0.4) is 0 Å². The lowest BCUT2D eigenvalue weighted by atomic mass is 10.0. The van der Waals surface area contributed by atoms with Crippen molar-refractivity contribution in [2.24, 2.45) is 5.73 Å². The number of hydrogen-bond acceptors (Lipinski definition) is 2. The smallest absolute Gasteiger partial charge is 0.115 e. The summed E-state index contributed by atoms with van der Waals surface area (Å²) in [5.41, 5.74) is 6.96. The Balaban J connectivity index is 0.00000169. The summed E-state index contributed by atoms with van der Waals surface area (Å²) < 4.78 is 0. The molecule has 0 aliphatic heterocycles. The second kappa shape index (κ2) is 6.46. The van der Waals surface area contributed by atoms with E-state index in [-0.39, 0.29) is 24.2 Å². The third-order valence-electron chi connectivity index (χ3n) is 2.00. The number of phenolic OH excluding ortho intramolecular Hbond substituents is 1. The normalized spacial score (nSPS) is 11.5. The van der Waals surface area contributed by atoms with E-state index in [0.29, 0.717) is 0 Å². The summed E-state index contributed by atoms with van der Waals surface area (Å²) in [6.07, 6.45) is 3.68. The van der Waals surface area contributed by atoms with Crippen LogP contribution in [0.4, 0.5) is 0 Å². The van der Waals surface area contributed by atoms with Crippen LogP contribution in [0.5, 0.6) is 5.75 Å². The molecule has 0 unspecified atom stereocenters. The third kappa shape index (κ3) is 3.81. The Hall–Kier alpha value is -0.990. The molecule has 14 heavy (non-hydrogen) atoms. The van der Waals surface area contributed by atoms with E-state index in [2.05, 4.69) is 6.58 Å². The summed E-state index contributed by atoms with van der Waals surface area (Å²) in [6.45, 7) is 3.64. The van der Waals surface area contributed by atoms with E-state index >= 15 is 0 Å². The van der Waals surface area contributed by atoms with Crippen molar-refractivity contribution in [3.05, 3.63) is 42.5 Å². The van der Waals surface area contributed by atoms with Crippen molar-refractivity contribution < 1.29 is 5.11 Å². The standard InChI is InChI=1S/C11H15NO.ClH/c1-2-3-4-11(12)9-5-7-10(13)8-6-9;/h2,5-8,11,13H,1,3-4,12H2;1H/t11-;/m0./s1. The summed E-state index contributed by atoms with van der Waals surface area (Å²) >= 11 is 0. The fraction of sp³-hybridized carbons (Fsp3) is 0.273. The molecule has 0 aliphatic carbocycles. The molecular weight excluding hydrogens is 198 g/mol. The molecule has 1 aromatic carbocycles. The summed E-state index contributed by atoms with van der Waals surface area (Å²) in [5.74, 6) is 0.277. The average molecular weight is 214 g/mol. The molecule has 0 saturated heterocycles. The van der Waals surface area contributed by atoms with Crippen molar-refractivity contribution in [3.63, 3.8) is 0 Å². The van der Waals surface area contributed by atoms with Crippen LogP contribution < -0.4 is 5.73 Å². The van der Waals surface area contributed by atoms with Gasteiger partial charge >= 0.3 is 0 Å². The zero-order valence-corrected chi connectivity index (χ0v) is 8.83. The lowest BCUT2D eigenvalue weighted by Crippen LogP contribution is -2.09. The van der Waals surface area contributed by atoms with E-state index < -0.39 is 0 Å². The Bertz CT molecular complexity index is 271. The number of halogens is 1. The second-order valence-corrected chi connectivity index (χ2v) is 3.06. The molecule has 0 heterocycles. The largest absolute Gasteiger partial charge is 0.508 e. The first-order chi connectivity index (χ1) is 6.24. The topological polar surface area (TPSA) is 46.2 Å². The monoisotopic (exact) mass is 213 g/mol. The first-order valence-electron chi connectivity index (χ1n) is 4.39. The minimum Gasteiger partial charge on any atom is -0.508 e. The van der Waals surface area contributed by atoms with Crippen molar-refractivity contribution in [2.75, 3.05) is 0 Å². The van der Waals surface area contributed by atoms with Crippen LogP contribution in [0.25, 0.3) is 0 Å². The fourth-order valence-electron chi connectivity index (χ4n) is 1.19. The molecule has 2 nitrogen and oxygen atoms in total. The van der Waals surface area contributed by atoms with Crippen LogP contribution >= 0.6 is 12.4 Å². The molecule has 0 aromatic heterocycles. The first kappa shape index (κ1) is 13.0. The summed E-state index contributed by atoms with van der Waals surface area (Å²) in [7, 11) is 0. The lowest BCUT2D eigenvalue weighted by Gasteiger charge is -2.10. The van der Waals surface area contributed by atoms with E-state index in [9.17, 15) is 0 Å². The number of rotatable bonds is 4. The first-order valence-corrected chi connectivity index (χ1v) is 4.39. The van der Waals surface area contributed by atoms with Gasteiger partial charge in [-0.1, -0.05) is 18.2 Å². The number of phenols is 1. The Labute approximate surface area is 90.9 Å². The van der Waals surface area contributed by atoms with Gasteiger partial charge < -0.3 is 10.8 Å². The molecule has 0 saturated carbocycles. The number of benzene rings is 1. The van der Waals surface area contributed by atoms with Gasteiger partial charge in [-0.3, -0.25) is 0 Å². The van der Waals surface area contributed by atoms with E-state index in [1.807, 2.05) is 18.2 Å². The molecule has 0 spiro atoms. The highest BCUT2D eigenvalue weighted by Crippen LogP contribution is 2.18. The highest BCUT2D eigenvalue weighted by Gasteiger charge is 2.03. The van der Waals surface area contributed by atoms with Crippen LogP contribution in [0.15, 0.2) is 36.9 Å². The van der Waals surface area contributed by atoms with Gasteiger partial charge in [-0.05, 0) is 30.5 Å². The third-order valence-corrected chi connectivity index (χ3v) is 2.00. The molecule has 0 aliphatic rings. The van der Waals surface area contributed by atoms with Gasteiger partial charge in [0, 0.05) is 6.04 Å². The Morgan fingerprint density at radius 2 is 1.93 bits per heavy atom. The van der Waals surface area contributed by atoms with E-state index in [0.717, 1.165) is 18.4 Å². The highest BCUT2D eigenvalue weighted by molar-refractivity contribution is 5.85. The van der Waals surface area contributed by atoms with E-state index in [4.69, 9.17) is 10.8 Å². The maximum atomic E-state index is 9.06. The molecule has 1 atom stereocenters.